The van der Waals surface area contributed by atoms with E-state index >= 15 is 0 Å². The molecule has 1 aromatic carbocycles. The van der Waals surface area contributed by atoms with Gasteiger partial charge in [-0.05, 0) is 23.5 Å². The molecule has 0 radical (unpaired) electrons. The monoisotopic (exact) mass is 267 g/mol. The van der Waals surface area contributed by atoms with Gasteiger partial charge in [0.05, 0.1) is 12.6 Å². The van der Waals surface area contributed by atoms with E-state index < -0.39 is 18.2 Å². The van der Waals surface area contributed by atoms with Crippen LogP contribution in [-0.4, -0.2) is 18.7 Å². The molecule has 2 N–H and O–H groups in total. The molecule has 0 fully saturated rings. The van der Waals surface area contributed by atoms with Crippen LogP contribution in [0.4, 0.5) is 4.39 Å². The minimum absolute atomic E-state index is 0.0267. The van der Waals surface area contributed by atoms with Crippen molar-refractivity contribution in [2.75, 3.05) is 6.61 Å². The average molecular weight is 267 g/mol. The standard InChI is InChI=1S/C15H22FNO2/c1-5-19-14(18)12(16)13(17)10-6-8-11(9-7-10)15(2,3)4/h6-9,12-13H,5,17H2,1-4H3/t12?,13-/m0/s1. The van der Waals surface area contributed by atoms with Crippen LogP contribution in [0.3, 0.4) is 0 Å². The fourth-order valence-electron chi connectivity index (χ4n) is 1.74. The molecular weight excluding hydrogens is 245 g/mol. The topological polar surface area (TPSA) is 52.3 Å². The summed E-state index contributed by atoms with van der Waals surface area (Å²) in [7, 11) is 0. The lowest BCUT2D eigenvalue weighted by Crippen LogP contribution is -2.31. The van der Waals surface area contributed by atoms with E-state index in [9.17, 15) is 9.18 Å². The normalized spacial score (nSPS) is 14.8. The van der Waals surface area contributed by atoms with Gasteiger partial charge in [0.1, 0.15) is 0 Å². The molecule has 1 unspecified atom stereocenters. The third kappa shape index (κ3) is 4.03. The van der Waals surface area contributed by atoms with Crippen LogP contribution in [0, 0.1) is 0 Å². The average Bonchev–Trinajstić information content (AvgIpc) is 2.36. The lowest BCUT2D eigenvalue weighted by atomic mass is 9.86. The Morgan fingerprint density at radius 1 is 1.32 bits per heavy atom. The van der Waals surface area contributed by atoms with Crippen molar-refractivity contribution in [3.05, 3.63) is 35.4 Å². The minimum atomic E-state index is -1.83. The highest BCUT2D eigenvalue weighted by Crippen LogP contribution is 2.25. The van der Waals surface area contributed by atoms with Crippen LogP contribution in [0.15, 0.2) is 24.3 Å². The van der Waals surface area contributed by atoms with Crippen molar-refractivity contribution in [1.29, 1.82) is 0 Å². The molecule has 4 heteroatoms. The number of benzene rings is 1. The fourth-order valence-corrected chi connectivity index (χ4v) is 1.74. The summed E-state index contributed by atoms with van der Waals surface area (Å²) in [6.45, 7) is 8.07. The summed E-state index contributed by atoms with van der Waals surface area (Å²) >= 11 is 0. The van der Waals surface area contributed by atoms with Gasteiger partial charge >= 0.3 is 5.97 Å². The van der Waals surface area contributed by atoms with Crippen LogP contribution in [0.25, 0.3) is 0 Å². The number of rotatable bonds is 4. The van der Waals surface area contributed by atoms with Crippen molar-refractivity contribution in [3.63, 3.8) is 0 Å². The Hall–Kier alpha value is -1.42. The molecule has 1 rings (SSSR count). The van der Waals surface area contributed by atoms with Gasteiger partial charge in [-0.15, -0.1) is 0 Å². The Labute approximate surface area is 113 Å². The van der Waals surface area contributed by atoms with Crippen LogP contribution >= 0.6 is 0 Å². The highest BCUT2D eigenvalue weighted by atomic mass is 19.1. The summed E-state index contributed by atoms with van der Waals surface area (Å²) in [5.74, 6) is -0.908. The van der Waals surface area contributed by atoms with Gasteiger partial charge in [0.15, 0.2) is 0 Å². The van der Waals surface area contributed by atoms with Gasteiger partial charge in [-0.3, -0.25) is 0 Å². The lowest BCUT2D eigenvalue weighted by Gasteiger charge is -2.21. The van der Waals surface area contributed by atoms with E-state index in [4.69, 9.17) is 5.73 Å². The zero-order valence-electron chi connectivity index (χ0n) is 11.9. The third-order valence-corrected chi connectivity index (χ3v) is 2.99. The molecule has 0 heterocycles. The Morgan fingerprint density at radius 3 is 2.26 bits per heavy atom. The van der Waals surface area contributed by atoms with E-state index in [0.29, 0.717) is 5.56 Å². The fraction of sp³-hybridized carbons (Fsp3) is 0.533. The first-order valence-electron chi connectivity index (χ1n) is 6.44. The Morgan fingerprint density at radius 2 is 1.84 bits per heavy atom. The number of ether oxygens (including phenoxy) is 1. The Bertz CT molecular complexity index is 423. The van der Waals surface area contributed by atoms with E-state index in [1.807, 2.05) is 12.1 Å². The molecule has 0 saturated carbocycles. The molecule has 0 spiro atoms. The first-order chi connectivity index (χ1) is 8.77. The zero-order valence-corrected chi connectivity index (χ0v) is 11.9. The summed E-state index contributed by atoms with van der Waals surface area (Å²) in [4.78, 5) is 11.3. The maximum Gasteiger partial charge on any atom is 0.342 e. The molecule has 3 nitrogen and oxygen atoms in total. The lowest BCUT2D eigenvalue weighted by molar-refractivity contribution is -0.149. The quantitative estimate of drug-likeness (QED) is 0.853. The van der Waals surface area contributed by atoms with Crippen LogP contribution in [0.1, 0.15) is 44.9 Å². The van der Waals surface area contributed by atoms with Crippen molar-refractivity contribution in [1.82, 2.24) is 0 Å². The van der Waals surface area contributed by atoms with E-state index in [1.54, 1.807) is 19.1 Å². The SMILES string of the molecule is CCOC(=O)C(F)[C@@H](N)c1ccc(C(C)(C)C)cc1. The molecular formula is C15H22FNO2. The van der Waals surface area contributed by atoms with Gasteiger partial charge in [0, 0.05) is 0 Å². The number of hydrogen-bond acceptors (Lipinski definition) is 3. The van der Waals surface area contributed by atoms with Crippen molar-refractivity contribution in [2.24, 2.45) is 5.73 Å². The van der Waals surface area contributed by atoms with Crippen LogP contribution in [0.2, 0.25) is 0 Å². The molecule has 0 aromatic heterocycles. The molecule has 0 aliphatic rings. The number of carbonyl (C=O) groups excluding carboxylic acids is 1. The summed E-state index contributed by atoms with van der Waals surface area (Å²) in [5.41, 5.74) is 7.51. The van der Waals surface area contributed by atoms with E-state index in [1.165, 1.54) is 0 Å². The first kappa shape index (κ1) is 15.6. The maximum absolute atomic E-state index is 13.8. The summed E-state index contributed by atoms with van der Waals surface area (Å²) in [6, 6.07) is 6.35. The highest BCUT2D eigenvalue weighted by Gasteiger charge is 2.27. The van der Waals surface area contributed by atoms with E-state index in [-0.39, 0.29) is 12.0 Å². The molecule has 0 bridgehead atoms. The maximum atomic E-state index is 13.8. The van der Waals surface area contributed by atoms with Crippen LogP contribution < -0.4 is 5.73 Å². The van der Waals surface area contributed by atoms with E-state index in [0.717, 1.165) is 5.56 Å². The summed E-state index contributed by atoms with van der Waals surface area (Å²) in [5, 5.41) is 0. The second-order valence-corrected chi connectivity index (χ2v) is 5.55. The number of halogens is 1. The predicted molar refractivity (Wildman–Crippen MR) is 73.6 cm³/mol. The molecule has 0 saturated heterocycles. The number of esters is 1. The number of carbonyl (C=O) groups is 1. The molecule has 0 amide bonds. The third-order valence-electron chi connectivity index (χ3n) is 2.99. The first-order valence-corrected chi connectivity index (χ1v) is 6.44. The second-order valence-electron chi connectivity index (χ2n) is 5.55. The van der Waals surface area contributed by atoms with Crippen molar-refractivity contribution in [3.8, 4) is 0 Å². The van der Waals surface area contributed by atoms with Gasteiger partial charge in [-0.1, -0.05) is 45.0 Å². The Kier molecular flexibility index (Phi) is 5.06. The number of nitrogens with two attached hydrogens (primary N) is 1. The second kappa shape index (κ2) is 6.15. The Balaban J connectivity index is 2.83. The van der Waals surface area contributed by atoms with Gasteiger partial charge in [0.2, 0.25) is 6.17 Å². The molecule has 1 aromatic rings. The minimum Gasteiger partial charge on any atom is -0.464 e. The molecule has 0 aliphatic carbocycles. The molecule has 0 aliphatic heterocycles. The van der Waals surface area contributed by atoms with Crippen molar-refractivity contribution < 1.29 is 13.9 Å². The van der Waals surface area contributed by atoms with Crippen LogP contribution in [0.5, 0.6) is 0 Å². The predicted octanol–water partition coefficient (Wildman–Crippen LogP) is 2.89. The highest BCUT2D eigenvalue weighted by molar-refractivity contribution is 5.75. The molecule has 2 atom stereocenters. The molecule has 106 valence electrons. The van der Waals surface area contributed by atoms with Gasteiger partial charge < -0.3 is 10.5 Å². The van der Waals surface area contributed by atoms with Crippen molar-refractivity contribution >= 4 is 5.97 Å². The van der Waals surface area contributed by atoms with Gasteiger partial charge in [0.25, 0.3) is 0 Å². The summed E-state index contributed by atoms with van der Waals surface area (Å²) in [6.07, 6.45) is -1.83. The zero-order chi connectivity index (χ0) is 14.6. The van der Waals surface area contributed by atoms with Crippen LogP contribution in [-0.2, 0) is 14.9 Å². The van der Waals surface area contributed by atoms with Gasteiger partial charge in [-0.25, -0.2) is 9.18 Å². The number of hydrogen-bond donors (Lipinski definition) is 1. The largest absolute Gasteiger partial charge is 0.464 e. The number of alkyl halides is 1. The summed E-state index contributed by atoms with van der Waals surface area (Å²) < 4.78 is 18.4. The van der Waals surface area contributed by atoms with Crippen molar-refractivity contribution in [2.45, 2.75) is 45.3 Å². The van der Waals surface area contributed by atoms with Gasteiger partial charge in [-0.2, -0.15) is 0 Å². The smallest absolute Gasteiger partial charge is 0.342 e. The van der Waals surface area contributed by atoms with E-state index in [2.05, 4.69) is 25.5 Å². The molecule has 19 heavy (non-hydrogen) atoms.